The third-order valence-electron chi connectivity index (χ3n) is 4.45. The average Bonchev–Trinajstić information content (AvgIpc) is 2.83. The van der Waals surface area contributed by atoms with Crippen molar-refractivity contribution in [3.63, 3.8) is 0 Å². The number of likely N-dealkylation sites (tertiary alicyclic amines) is 1. The molecule has 0 aliphatic carbocycles. The summed E-state index contributed by atoms with van der Waals surface area (Å²) in [6.07, 6.45) is 5.02. The van der Waals surface area contributed by atoms with Crippen molar-refractivity contribution in [2.45, 2.75) is 30.6 Å². The molecule has 1 saturated heterocycles. The molecule has 23 heavy (non-hydrogen) atoms. The van der Waals surface area contributed by atoms with Gasteiger partial charge in [-0.1, -0.05) is 43.2 Å². The van der Waals surface area contributed by atoms with Crippen LogP contribution in [0.15, 0.2) is 47.4 Å². The first kappa shape index (κ1) is 16.4. The Morgan fingerprint density at radius 2 is 1.61 bits per heavy atom. The number of nitrogens with one attached hydrogen (secondary N) is 1. The van der Waals surface area contributed by atoms with Gasteiger partial charge in [0.05, 0.1) is 4.90 Å². The third-order valence-corrected chi connectivity index (χ3v) is 5.91. The van der Waals surface area contributed by atoms with Gasteiger partial charge in [0.2, 0.25) is 10.0 Å². The van der Waals surface area contributed by atoms with Gasteiger partial charge in [-0.15, -0.1) is 0 Å². The summed E-state index contributed by atoms with van der Waals surface area (Å²) >= 11 is 0. The fourth-order valence-corrected chi connectivity index (χ4v) is 4.17. The van der Waals surface area contributed by atoms with Crippen LogP contribution in [0.4, 0.5) is 0 Å². The molecule has 0 spiro atoms. The molecule has 3 rings (SSSR count). The lowest BCUT2D eigenvalue weighted by Gasteiger charge is -2.19. The monoisotopic (exact) mass is 332 g/mol. The van der Waals surface area contributed by atoms with Gasteiger partial charge in [-0.05, 0) is 48.8 Å². The van der Waals surface area contributed by atoms with Crippen LogP contribution in [0.1, 0.15) is 25.7 Å². The average molecular weight is 332 g/mol. The van der Waals surface area contributed by atoms with Gasteiger partial charge in [0.25, 0.3) is 0 Å². The number of benzene rings is 2. The van der Waals surface area contributed by atoms with Crippen LogP contribution in [0.25, 0.3) is 10.8 Å². The van der Waals surface area contributed by atoms with Crippen LogP contribution in [0.5, 0.6) is 0 Å². The summed E-state index contributed by atoms with van der Waals surface area (Å²) in [6, 6.07) is 13.1. The maximum Gasteiger partial charge on any atom is 0.240 e. The van der Waals surface area contributed by atoms with Crippen molar-refractivity contribution in [2.75, 3.05) is 26.2 Å². The molecule has 0 atom stereocenters. The lowest BCUT2D eigenvalue weighted by molar-refractivity contribution is 0.290. The summed E-state index contributed by atoms with van der Waals surface area (Å²) in [7, 11) is -3.44. The molecule has 124 valence electrons. The van der Waals surface area contributed by atoms with Crippen molar-refractivity contribution in [3.05, 3.63) is 42.5 Å². The summed E-state index contributed by atoms with van der Waals surface area (Å²) in [5, 5.41) is 2.00. The summed E-state index contributed by atoms with van der Waals surface area (Å²) in [6.45, 7) is 3.41. The van der Waals surface area contributed by atoms with Crippen LogP contribution < -0.4 is 4.72 Å². The topological polar surface area (TPSA) is 49.4 Å². The van der Waals surface area contributed by atoms with E-state index in [1.807, 2.05) is 30.3 Å². The molecule has 4 nitrogen and oxygen atoms in total. The molecule has 0 saturated carbocycles. The highest BCUT2D eigenvalue weighted by atomic mass is 32.2. The summed E-state index contributed by atoms with van der Waals surface area (Å²) < 4.78 is 27.6. The normalized spacial score (nSPS) is 17.2. The van der Waals surface area contributed by atoms with E-state index in [4.69, 9.17) is 0 Å². The van der Waals surface area contributed by atoms with Crippen LogP contribution in [0, 0.1) is 0 Å². The first-order valence-electron chi connectivity index (χ1n) is 8.36. The first-order valence-corrected chi connectivity index (χ1v) is 9.84. The molecule has 0 amide bonds. The predicted octanol–water partition coefficient (Wildman–Crippen LogP) is 2.99. The molecular weight excluding hydrogens is 308 g/mol. The maximum absolute atomic E-state index is 12.5. The molecule has 2 aromatic carbocycles. The molecule has 0 aromatic heterocycles. The smallest absolute Gasteiger partial charge is 0.240 e. The second-order valence-corrected chi connectivity index (χ2v) is 7.93. The molecule has 1 aliphatic rings. The Morgan fingerprint density at radius 1 is 0.913 bits per heavy atom. The van der Waals surface area contributed by atoms with Crippen LogP contribution in [0.2, 0.25) is 0 Å². The van der Waals surface area contributed by atoms with E-state index in [1.165, 1.54) is 25.7 Å². The van der Waals surface area contributed by atoms with E-state index >= 15 is 0 Å². The van der Waals surface area contributed by atoms with Crippen LogP contribution in [-0.4, -0.2) is 39.5 Å². The SMILES string of the molecule is O=S(=O)(NCCN1CCCCCC1)c1ccc2ccccc2c1. The van der Waals surface area contributed by atoms with Crippen LogP contribution in [-0.2, 0) is 10.0 Å². The number of sulfonamides is 1. The number of nitrogens with zero attached hydrogens (tertiary/aromatic N) is 1. The van der Waals surface area contributed by atoms with Crippen molar-refractivity contribution < 1.29 is 8.42 Å². The molecule has 1 aliphatic heterocycles. The predicted molar refractivity (Wildman–Crippen MR) is 94.0 cm³/mol. The number of hydrogen-bond donors (Lipinski definition) is 1. The molecule has 0 unspecified atom stereocenters. The fourth-order valence-electron chi connectivity index (χ4n) is 3.12. The maximum atomic E-state index is 12.5. The van der Waals surface area contributed by atoms with Crippen molar-refractivity contribution in [1.82, 2.24) is 9.62 Å². The quantitative estimate of drug-likeness (QED) is 0.916. The molecule has 1 N–H and O–H groups in total. The minimum atomic E-state index is -3.44. The zero-order valence-electron chi connectivity index (χ0n) is 13.4. The molecular formula is C18H24N2O2S. The minimum Gasteiger partial charge on any atom is -0.302 e. The Balaban J connectivity index is 1.63. The second kappa shape index (κ2) is 7.43. The zero-order valence-corrected chi connectivity index (χ0v) is 14.2. The minimum absolute atomic E-state index is 0.340. The molecule has 2 aromatic rings. The highest BCUT2D eigenvalue weighted by molar-refractivity contribution is 7.89. The summed E-state index contributed by atoms with van der Waals surface area (Å²) in [4.78, 5) is 2.70. The van der Waals surface area contributed by atoms with Gasteiger partial charge in [-0.25, -0.2) is 13.1 Å². The lowest BCUT2D eigenvalue weighted by Crippen LogP contribution is -2.35. The first-order chi connectivity index (χ1) is 11.1. The Labute approximate surface area is 138 Å². The van der Waals surface area contributed by atoms with E-state index < -0.39 is 10.0 Å². The van der Waals surface area contributed by atoms with Gasteiger partial charge in [0.15, 0.2) is 0 Å². The summed E-state index contributed by atoms with van der Waals surface area (Å²) in [5.74, 6) is 0. The molecule has 1 heterocycles. The highest BCUT2D eigenvalue weighted by Crippen LogP contribution is 2.18. The van der Waals surface area contributed by atoms with Crippen molar-refractivity contribution >= 4 is 20.8 Å². The van der Waals surface area contributed by atoms with Crippen molar-refractivity contribution in [3.8, 4) is 0 Å². The lowest BCUT2D eigenvalue weighted by atomic mass is 10.1. The fraction of sp³-hybridized carbons (Fsp3) is 0.444. The van der Waals surface area contributed by atoms with E-state index in [2.05, 4.69) is 9.62 Å². The van der Waals surface area contributed by atoms with E-state index in [9.17, 15) is 8.42 Å². The Bertz CT molecular complexity index is 750. The second-order valence-electron chi connectivity index (χ2n) is 6.16. The van der Waals surface area contributed by atoms with Gasteiger partial charge in [0, 0.05) is 13.1 Å². The highest BCUT2D eigenvalue weighted by Gasteiger charge is 2.15. The largest absolute Gasteiger partial charge is 0.302 e. The Kier molecular flexibility index (Phi) is 5.30. The standard InChI is InChI=1S/C18H24N2O2S/c21-23(22,19-11-14-20-12-5-1-2-6-13-20)18-10-9-16-7-3-4-8-17(16)15-18/h3-4,7-10,15,19H,1-2,5-6,11-14H2. The van der Waals surface area contributed by atoms with Gasteiger partial charge in [0.1, 0.15) is 0 Å². The third kappa shape index (κ3) is 4.31. The van der Waals surface area contributed by atoms with Crippen molar-refractivity contribution in [2.24, 2.45) is 0 Å². The van der Waals surface area contributed by atoms with E-state index in [1.54, 1.807) is 12.1 Å². The molecule has 1 fully saturated rings. The molecule has 0 bridgehead atoms. The van der Waals surface area contributed by atoms with E-state index in [0.29, 0.717) is 11.4 Å². The zero-order chi connectivity index (χ0) is 16.1. The molecule has 0 radical (unpaired) electrons. The Hall–Kier alpha value is -1.43. The van der Waals surface area contributed by atoms with Gasteiger partial charge in [-0.3, -0.25) is 0 Å². The van der Waals surface area contributed by atoms with E-state index in [-0.39, 0.29) is 0 Å². The van der Waals surface area contributed by atoms with Crippen molar-refractivity contribution in [1.29, 1.82) is 0 Å². The van der Waals surface area contributed by atoms with Crippen LogP contribution >= 0.6 is 0 Å². The van der Waals surface area contributed by atoms with Crippen LogP contribution in [0.3, 0.4) is 0 Å². The van der Waals surface area contributed by atoms with Gasteiger partial charge < -0.3 is 4.90 Å². The number of fused-ring (bicyclic) bond motifs is 1. The Morgan fingerprint density at radius 3 is 2.35 bits per heavy atom. The van der Waals surface area contributed by atoms with Gasteiger partial charge >= 0.3 is 0 Å². The number of hydrogen-bond acceptors (Lipinski definition) is 3. The summed E-state index contributed by atoms with van der Waals surface area (Å²) in [5.41, 5.74) is 0. The van der Waals surface area contributed by atoms with E-state index in [0.717, 1.165) is 30.4 Å². The van der Waals surface area contributed by atoms with Gasteiger partial charge in [-0.2, -0.15) is 0 Å². The number of rotatable bonds is 5. The molecule has 5 heteroatoms.